The minimum absolute atomic E-state index is 0.160. The van der Waals surface area contributed by atoms with Gasteiger partial charge in [0.25, 0.3) is 5.91 Å². The fourth-order valence-electron chi connectivity index (χ4n) is 2.69. The number of aryl methyl sites for hydroxylation is 2. The molecule has 3 rings (SSSR count). The Hall–Kier alpha value is -2.51. The maximum Gasteiger partial charge on any atom is 0.264 e. The number of carbonyl (C=O) groups is 1. The van der Waals surface area contributed by atoms with Crippen LogP contribution in [0, 0.1) is 6.92 Å². The number of hydrogen-bond acceptors (Lipinski definition) is 5. The molecule has 6 nitrogen and oxygen atoms in total. The van der Waals surface area contributed by atoms with E-state index >= 15 is 0 Å². The summed E-state index contributed by atoms with van der Waals surface area (Å²) in [6, 6.07) is 11.3. The summed E-state index contributed by atoms with van der Waals surface area (Å²) in [5, 5.41) is 8.07. The second-order valence-electron chi connectivity index (χ2n) is 5.64. The maximum atomic E-state index is 12.9. The molecule has 0 saturated heterocycles. The Morgan fingerprint density at radius 3 is 2.72 bits per heavy atom. The monoisotopic (exact) mass is 356 g/mol. The Morgan fingerprint density at radius 1 is 1.32 bits per heavy atom. The minimum atomic E-state index is -0.281. The number of aromatic nitrogens is 3. The summed E-state index contributed by atoms with van der Waals surface area (Å²) in [7, 11) is 3.46. The number of hydrogen-bond donors (Lipinski definition) is 1. The zero-order valence-electron chi connectivity index (χ0n) is 14.4. The summed E-state index contributed by atoms with van der Waals surface area (Å²) in [6.45, 7) is 2.27. The van der Waals surface area contributed by atoms with Crippen LogP contribution >= 0.6 is 11.3 Å². The van der Waals surface area contributed by atoms with Gasteiger partial charge in [0.1, 0.15) is 4.88 Å². The first-order valence-corrected chi connectivity index (χ1v) is 8.72. The van der Waals surface area contributed by atoms with E-state index in [9.17, 15) is 4.79 Å². The summed E-state index contributed by atoms with van der Waals surface area (Å²) in [5.74, 6) is -0.160. The van der Waals surface area contributed by atoms with Gasteiger partial charge in [0, 0.05) is 25.9 Å². The Kier molecular flexibility index (Phi) is 5.25. The standard InChI is InChI=1S/C18H20N4O2S/c1-12-20-16(13-7-5-4-6-8-13)17(25-12)18(23)21-14(11-24-3)15-9-10-19-22(15)2/h4-10,14H,11H2,1-3H3,(H,21,23). The third-order valence-corrected chi connectivity index (χ3v) is 4.81. The normalized spacial score (nSPS) is 12.1. The summed E-state index contributed by atoms with van der Waals surface area (Å²) >= 11 is 1.39. The van der Waals surface area contributed by atoms with Gasteiger partial charge in [0.05, 0.1) is 29.0 Å². The molecule has 1 atom stereocenters. The van der Waals surface area contributed by atoms with Crippen LogP contribution in [0.1, 0.15) is 26.4 Å². The molecule has 0 aliphatic rings. The van der Waals surface area contributed by atoms with Gasteiger partial charge >= 0.3 is 0 Å². The van der Waals surface area contributed by atoms with Gasteiger partial charge in [0.15, 0.2) is 0 Å². The SMILES string of the molecule is COCC(NC(=O)c1sc(C)nc1-c1ccccc1)c1ccnn1C. The molecule has 0 aliphatic carbocycles. The topological polar surface area (TPSA) is 69.0 Å². The van der Waals surface area contributed by atoms with Crippen LogP contribution in [-0.4, -0.2) is 34.4 Å². The molecule has 0 bridgehead atoms. The molecule has 2 heterocycles. The molecule has 1 aromatic carbocycles. The summed E-state index contributed by atoms with van der Waals surface area (Å²) in [5.41, 5.74) is 2.53. The van der Waals surface area contributed by atoms with Crippen molar-refractivity contribution in [2.45, 2.75) is 13.0 Å². The van der Waals surface area contributed by atoms with Crippen molar-refractivity contribution in [3.05, 3.63) is 58.2 Å². The van der Waals surface area contributed by atoms with Crippen molar-refractivity contribution in [2.24, 2.45) is 7.05 Å². The second kappa shape index (κ2) is 7.58. The van der Waals surface area contributed by atoms with E-state index in [0.717, 1.165) is 16.3 Å². The van der Waals surface area contributed by atoms with E-state index in [1.807, 2.05) is 50.4 Å². The van der Waals surface area contributed by atoms with E-state index in [-0.39, 0.29) is 11.9 Å². The van der Waals surface area contributed by atoms with Gasteiger partial charge in [0.2, 0.25) is 0 Å². The zero-order valence-corrected chi connectivity index (χ0v) is 15.2. The van der Waals surface area contributed by atoms with Gasteiger partial charge in [-0.3, -0.25) is 9.48 Å². The fourth-order valence-corrected chi connectivity index (χ4v) is 3.53. The number of methoxy groups -OCH3 is 1. The van der Waals surface area contributed by atoms with Crippen molar-refractivity contribution >= 4 is 17.2 Å². The van der Waals surface area contributed by atoms with Gasteiger partial charge in [-0.05, 0) is 13.0 Å². The van der Waals surface area contributed by atoms with Crippen LogP contribution in [0.4, 0.5) is 0 Å². The molecule has 1 N–H and O–H groups in total. The molecule has 2 aromatic heterocycles. The highest BCUT2D eigenvalue weighted by Crippen LogP contribution is 2.28. The Bertz CT molecular complexity index is 857. The van der Waals surface area contributed by atoms with Crippen LogP contribution in [0.2, 0.25) is 0 Å². The zero-order chi connectivity index (χ0) is 17.8. The highest BCUT2D eigenvalue weighted by atomic mass is 32.1. The molecule has 1 amide bonds. The van der Waals surface area contributed by atoms with Crippen molar-refractivity contribution in [3.8, 4) is 11.3 Å². The Balaban J connectivity index is 1.89. The van der Waals surface area contributed by atoms with Crippen molar-refractivity contribution < 1.29 is 9.53 Å². The summed E-state index contributed by atoms with van der Waals surface area (Å²) in [4.78, 5) is 18.1. The molecular weight excluding hydrogens is 336 g/mol. The van der Waals surface area contributed by atoms with E-state index in [2.05, 4.69) is 15.4 Å². The molecule has 7 heteroatoms. The molecule has 0 fully saturated rings. The van der Waals surface area contributed by atoms with Gasteiger partial charge in [-0.15, -0.1) is 11.3 Å². The molecule has 0 aliphatic heterocycles. The smallest absolute Gasteiger partial charge is 0.264 e. The minimum Gasteiger partial charge on any atom is -0.382 e. The molecule has 130 valence electrons. The number of nitrogens with one attached hydrogen (secondary N) is 1. The Labute approximate surface area is 150 Å². The van der Waals surface area contributed by atoms with Crippen molar-refractivity contribution in [3.63, 3.8) is 0 Å². The van der Waals surface area contributed by atoms with Crippen LogP contribution in [0.25, 0.3) is 11.3 Å². The highest BCUT2D eigenvalue weighted by molar-refractivity contribution is 7.14. The van der Waals surface area contributed by atoms with E-state index in [1.54, 1.807) is 18.0 Å². The molecule has 0 saturated carbocycles. The summed E-state index contributed by atoms with van der Waals surface area (Å²) < 4.78 is 7.01. The van der Waals surface area contributed by atoms with E-state index in [4.69, 9.17) is 4.74 Å². The van der Waals surface area contributed by atoms with E-state index < -0.39 is 0 Å². The Morgan fingerprint density at radius 2 is 2.08 bits per heavy atom. The first kappa shape index (κ1) is 17.3. The van der Waals surface area contributed by atoms with Crippen molar-refractivity contribution in [1.82, 2.24) is 20.1 Å². The average molecular weight is 356 g/mol. The number of nitrogens with zero attached hydrogens (tertiary/aromatic N) is 3. The van der Waals surface area contributed by atoms with Crippen LogP contribution in [0.15, 0.2) is 42.6 Å². The first-order chi connectivity index (χ1) is 12.1. The molecule has 3 aromatic rings. The molecule has 0 spiro atoms. The summed E-state index contributed by atoms with van der Waals surface area (Å²) in [6.07, 6.45) is 1.70. The lowest BCUT2D eigenvalue weighted by atomic mass is 10.1. The van der Waals surface area contributed by atoms with E-state index in [1.165, 1.54) is 11.3 Å². The average Bonchev–Trinajstić information content (AvgIpc) is 3.21. The van der Waals surface area contributed by atoms with Crippen LogP contribution in [-0.2, 0) is 11.8 Å². The van der Waals surface area contributed by atoms with Gasteiger partial charge in [-0.25, -0.2) is 4.98 Å². The number of thiazole rings is 1. The number of amides is 1. The number of rotatable bonds is 6. The van der Waals surface area contributed by atoms with Crippen molar-refractivity contribution in [2.75, 3.05) is 13.7 Å². The lowest BCUT2D eigenvalue weighted by Crippen LogP contribution is -2.32. The molecule has 0 radical (unpaired) electrons. The number of benzene rings is 1. The number of carbonyl (C=O) groups excluding carboxylic acids is 1. The fraction of sp³-hybridized carbons (Fsp3) is 0.278. The van der Waals surface area contributed by atoms with Gasteiger partial charge in [-0.2, -0.15) is 5.10 Å². The largest absolute Gasteiger partial charge is 0.382 e. The third kappa shape index (κ3) is 3.78. The van der Waals surface area contributed by atoms with Gasteiger partial charge in [-0.1, -0.05) is 30.3 Å². The predicted molar refractivity (Wildman–Crippen MR) is 97.6 cm³/mol. The quantitative estimate of drug-likeness (QED) is 0.737. The maximum absolute atomic E-state index is 12.9. The van der Waals surface area contributed by atoms with Crippen LogP contribution in [0.5, 0.6) is 0 Å². The first-order valence-electron chi connectivity index (χ1n) is 7.90. The van der Waals surface area contributed by atoms with Crippen molar-refractivity contribution in [1.29, 1.82) is 0 Å². The molecule has 1 unspecified atom stereocenters. The second-order valence-corrected chi connectivity index (χ2v) is 6.84. The third-order valence-electron chi connectivity index (χ3n) is 3.84. The lowest BCUT2D eigenvalue weighted by Gasteiger charge is -2.18. The highest BCUT2D eigenvalue weighted by Gasteiger charge is 2.23. The predicted octanol–water partition coefficient (Wildman–Crippen LogP) is 2.97. The van der Waals surface area contributed by atoms with E-state index in [0.29, 0.717) is 17.2 Å². The molecular formula is C18H20N4O2S. The van der Waals surface area contributed by atoms with Gasteiger partial charge < -0.3 is 10.1 Å². The molecule has 25 heavy (non-hydrogen) atoms. The van der Waals surface area contributed by atoms with Crippen LogP contribution < -0.4 is 5.32 Å². The van der Waals surface area contributed by atoms with Crippen LogP contribution in [0.3, 0.4) is 0 Å². The lowest BCUT2D eigenvalue weighted by molar-refractivity contribution is 0.0897. The number of ether oxygens (including phenoxy) is 1.